The highest BCUT2D eigenvalue weighted by atomic mass is 32.2. The average Bonchev–Trinajstić information content (AvgIpc) is 2.70. The van der Waals surface area contributed by atoms with Gasteiger partial charge in [0.2, 0.25) is 0 Å². The molecule has 0 aliphatic rings. The zero-order valence-corrected chi connectivity index (χ0v) is 17.0. The van der Waals surface area contributed by atoms with E-state index in [2.05, 4.69) is 5.32 Å². The third-order valence-electron chi connectivity index (χ3n) is 4.43. The van der Waals surface area contributed by atoms with Crippen molar-refractivity contribution in [3.8, 4) is 11.1 Å². The summed E-state index contributed by atoms with van der Waals surface area (Å²) in [5, 5.41) is 12.2. The Morgan fingerprint density at radius 3 is 2.50 bits per heavy atom. The van der Waals surface area contributed by atoms with Gasteiger partial charge >= 0.3 is 5.97 Å². The largest absolute Gasteiger partial charge is 0.467 e. The summed E-state index contributed by atoms with van der Waals surface area (Å²) >= 11 is 0. The molecule has 2 atom stereocenters. The Morgan fingerprint density at radius 2 is 1.89 bits per heavy atom. The molecule has 7 heteroatoms. The number of benzene rings is 2. The van der Waals surface area contributed by atoms with Gasteiger partial charge in [0.05, 0.1) is 13.7 Å². The fraction of sp³-hybridized carbons (Fsp3) is 0.333. The van der Waals surface area contributed by atoms with Crippen LogP contribution in [0.5, 0.6) is 0 Å². The normalized spacial score (nSPS) is 12.9. The van der Waals surface area contributed by atoms with Crippen molar-refractivity contribution in [2.24, 2.45) is 0 Å². The summed E-state index contributed by atoms with van der Waals surface area (Å²) in [5.74, 6) is -0.739. The summed E-state index contributed by atoms with van der Waals surface area (Å²) in [7, 11) is 0.157. The number of hydrogen-bond donors (Lipinski definition) is 2. The molecule has 0 radical (unpaired) electrons. The fourth-order valence-corrected chi connectivity index (χ4v) is 3.46. The first-order valence-corrected chi connectivity index (χ1v) is 10.6. The number of aryl methyl sites for hydroxylation is 1. The monoisotopic (exact) mass is 403 g/mol. The Bertz CT molecular complexity index is 881. The van der Waals surface area contributed by atoms with Gasteiger partial charge < -0.3 is 15.2 Å². The molecule has 0 heterocycles. The smallest absolute Gasteiger partial charge is 0.328 e. The van der Waals surface area contributed by atoms with E-state index < -0.39 is 28.7 Å². The van der Waals surface area contributed by atoms with Gasteiger partial charge in [-0.05, 0) is 47.7 Å². The van der Waals surface area contributed by atoms with Crippen LogP contribution in [0.3, 0.4) is 0 Å². The van der Waals surface area contributed by atoms with Gasteiger partial charge in [0.25, 0.3) is 5.91 Å². The number of nitrogens with one attached hydrogen (secondary N) is 1. The Balaban J connectivity index is 2.39. The lowest BCUT2D eigenvalue weighted by Crippen LogP contribution is -2.42. The van der Waals surface area contributed by atoms with E-state index in [0.29, 0.717) is 16.7 Å². The number of hydrogen-bond acceptors (Lipinski definition) is 5. The zero-order valence-electron chi connectivity index (χ0n) is 16.2. The van der Waals surface area contributed by atoms with Crippen molar-refractivity contribution in [3.63, 3.8) is 0 Å². The van der Waals surface area contributed by atoms with Crippen molar-refractivity contribution in [1.29, 1.82) is 0 Å². The molecule has 1 unspecified atom stereocenters. The Morgan fingerprint density at radius 1 is 1.18 bits per heavy atom. The molecule has 0 saturated heterocycles. The molecule has 0 spiro atoms. The SMILES string of the molecule is COC(=O)[C@H](CCS(C)=O)NC(=O)c1ccc(CO)cc1-c1ccccc1C. The second kappa shape index (κ2) is 10.1. The maximum atomic E-state index is 13.0. The highest BCUT2D eigenvalue weighted by Gasteiger charge is 2.24. The van der Waals surface area contributed by atoms with E-state index >= 15 is 0 Å². The predicted molar refractivity (Wildman–Crippen MR) is 109 cm³/mol. The van der Waals surface area contributed by atoms with Crippen LogP contribution in [-0.4, -0.2) is 46.4 Å². The van der Waals surface area contributed by atoms with Crippen molar-refractivity contribution in [1.82, 2.24) is 5.32 Å². The predicted octanol–water partition coefficient (Wildman–Crippen LogP) is 2.19. The quantitative estimate of drug-likeness (QED) is 0.659. The standard InChI is InChI=1S/C21H25NO5S/c1-14-6-4-5-7-16(14)18-12-15(13-23)8-9-17(18)20(24)22-19(21(25)27-2)10-11-28(3)26/h4-9,12,19,23H,10-11,13H2,1-3H3,(H,22,24)/t19-,28?/m0/s1. The maximum absolute atomic E-state index is 13.0. The number of carbonyl (C=O) groups excluding carboxylic acids is 2. The highest BCUT2D eigenvalue weighted by molar-refractivity contribution is 7.84. The number of aliphatic hydroxyl groups is 1. The van der Waals surface area contributed by atoms with E-state index in [9.17, 15) is 18.9 Å². The molecule has 2 aromatic carbocycles. The topological polar surface area (TPSA) is 92.7 Å². The molecule has 0 aromatic heterocycles. The van der Waals surface area contributed by atoms with Crippen molar-refractivity contribution in [2.45, 2.75) is 26.0 Å². The number of rotatable bonds is 8. The van der Waals surface area contributed by atoms with Crippen molar-refractivity contribution >= 4 is 22.7 Å². The lowest BCUT2D eigenvalue weighted by molar-refractivity contribution is -0.142. The van der Waals surface area contributed by atoms with Crippen molar-refractivity contribution in [2.75, 3.05) is 19.1 Å². The number of methoxy groups -OCH3 is 1. The number of ether oxygens (including phenoxy) is 1. The summed E-state index contributed by atoms with van der Waals surface area (Å²) in [4.78, 5) is 25.0. The summed E-state index contributed by atoms with van der Waals surface area (Å²) in [6, 6.07) is 11.8. The molecular formula is C21H25NO5S. The molecule has 150 valence electrons. The minimum atomic E-state index is -1.09. The molecule has 0 fully saturated rings. The van der Waals surface area contributed by atoms with Crippen LogP contribution in [0.4, 0.5) is 0 Å². The average molecular weight is 404 g/mol. The second-order valence-electron chi connectivity index (χ2n) is 6.47. The van der Waals surface area contributed by atoms with Crippen LogP contribution in [0.25, 0.3) is 11.1 Å². The third-order valence-corrected chi connectivity index (χ3v) is 5.24. The van der Waals surface area contributed by atoms with Gasteiger partial charge in [-0.1, -0.05) is 30.3 Å². The van der Waals surface area contributed by atoms with E-state index in [1.807, 2.05) is 31.2 Å². The van der Waals surface area contributed by atoms with Gasteiger partial charge in [-0.25, -0.2) is 4.79 Å². The van der Waals surface area contributed by atoms with Crippen molar-refractivity contribution in [3.05, 3.63) is 59.2 Å². The molecule has 0 aliphatic heterocycles. The van der Waals surface area contributed by atoms with E-state index in [1.54, 1.807) is 24.5 Å². The van der Waals surface area contributed by atoms with Crippen molar-refractivity contribution < 1.29 is 23.6 Å². The summed E-state index contributed by atoms with van der Waals surface area (Å²) in [6.45, 7) is 1.80. The summed E-state index contributed by atoms with van der Waals surface area (Å²) < 4.78 is 16.2. The first-order chi connectivity index (χ1) is 13.4. The van der Waals surface area contributed by atoms with Crippen LogP contribution < -0.4 is 5.32 Å². The molecule has 6 nitrogen and oxygen atoms in total. The van der Waals surface area contributed by atoms with Crippen LogP contribution in [0.1, 0.15) is 27.9 Å². The molecule has 28 heavy (non-hydrogen) atoms. The third kappa shape index (κ3) is 5.50. The molecular weight excluding hydrogens is 378 g/mol. The Kier molecular flexibility index (Phi) is 7.90. The van der Waals surface area contributed by atoms with Gasteiger partial charge in [0, 0.05) is 28.4 Å². The zero-order chi connectivity index (χ0) is 20.7. The molecule has 1 amide bonds. The van der Waals surface area contributed by atoms with Crippen LogP contribution in [0.2, 0.25) is 0 Å². The van der Waals surface area contributed by atoms with E-state index in [0.717, 1.165) is 11.1 Å². The number of carbonyl (C=O) groups is 2. The minimum Gasteiger partial charge on any atom is -0.467 e. The summed E-state index contributed by atoms with van der Waals surface area (Å²) in [5.41, 5.74) is 3.59. The van der Waals surface area contributed by atoms with E-state index in [1.165, 1.54) is 7.11 Å². The van der Waals surface area contributed by atoms with E-state index in [4.69, 9.17) is 4.74 Å². The summed E-state index contributed by atoms with van der Waals surface area (Å²) in [6.07, 6.45) is 1.76. The first-order valence-electron chi connectivity index (χ1n) is 8.85. The highest BCUT2D eigenvalue weighted by Crippen LogP contribution is 2.28. The number of aliphatic hydroxyl groups excluding tert-OH is 1. The molecule has 2 aromatic rings. The molecule has 0 saturated carbocycles. The molecule has 2 N–H and O–H groups in total. The Hall–Kier alpha value is -2.51. The second-order valence-corrected chi connectivity index (χ2v) is 8.02. The van der Waals surface area contributed by atoms with Gasteiger partial charge in [0.1, 0.15) is 6.04 Å². The first kappa shape index (κ1) is 21.8. The van der Waals surface area contributed by atoms with E-state index in [-0.39, 0.29) is 18.8 Å². The lowest BCUT2D eigenvalue weighted by Gasteiger charge is -2.18. The Labute approximate surface area is 167 Å². The van der Waals surface area contributed by atoms with Gasteiger partial charge in [-0.2, -0.15) is 0 Å². The molecule has 0 bridgehead atoms. The van der Waals surface area contributed by atoms with Crippen LogP contribution in [-0.2, 0) is 26.9 Å². The lowest BCUT2D eigenvalue weighted by atomic mass is 9.93. The minimum absolute atomic E-state index is 0.145. The maximum Gasteiger partial charge on any atom is 0.328 e. The number of esters is 1. The van der Waals surface area contributed by atoms with Gasteiger partial charge in [-0.15, -0.1) is 0 Å². The van der Waals surface area contributed by atoms with Crippen LogP contribution in [0, 0.1) is 6.92 Å². The van der Waals surface area contributed by atoms with Gasteiger partial charge in [-0.3, -0.25) is 9.00 Å². The van der Waals surface area contributed by atoms with Gasteiger partial charge in [0.15, 0.2) is 0 Å². The number of amides is 1. The molecule has 2 rings (SSSR count). The fourth-order valence-electron chi connectivity index (χ4n) is 2.90. The van der Waals surface area contributed by atoms with Crippen LogP contribution in [0.15, 0.2) is 42.5 Å². The molecule has 0 aliphatic carbocycles. The van der Waals surface area contributed by atoms with Crippen LogP contribution >= 0.6 is 0 Å².